The predicted octanol–water partition coefficient (Wildman–Crippen LogP) is 1.72. The molecule has 6 heteroatoms. The summed E-state index contributed by atoms with van der Waals surface area (Å²) in [5, 5.41) is 3.17. The number of nitrogens with zero attached hydrogens (tertiary/aromatic N) is 1. The van der Waals surface area contributed by atoms with E-state index in [2.05, 4.69) is 19.4 Å². The van der Waals surface area contributed by atoms with Gasteiger partial charge in [-0.1, -0.05) is 37.0 Å². The number of hydrogen-bond acceptors (Lipinski definition) is 3. The fourth-order valence-electron chi connectivity index (χ4n) is 4.17. The van der Waals surface area contributed by atoms with Gasteiger partial charge in [0.15, 0.2) is 0 Å². The van der Waals surface area contributed by atoms with Gasteiger partial charge < -0.3 is 15.1 Å². The standard InChI is InChI=1S/C22H33N3O2S/c1-16-9-11-17(12-10-16)21(27)25-19(20(26)23-13-14-24(2)3)15-28-22(25)18-7-5-4-6-8-18/h9-12,18-19,22H,4-8,13-15H2,1-3H3,(H,23,26)/p+1/t19-,22+/m0/s1. The molecule has 0 radical (unpaired) electrons. The summed E-state index contributed by atoms with van der Waals surface area (Å²) in [6, 6.07) is 7.36. The number of quaternary nitrogens is 1. The lowest BCUT2D eigenvalue weighted by molar-refractivity contribution is -0.856. The van der Waals surface area contributed by atoms with Gasteiger partial charge in [0.2, 0.25) is 5.91 Å². The molecule has 154 valence electrons. The van der Waals surface area contributed by atoms with Gasteiger partial charge in [-0.05, 0) is 37.8 Å². The highest BCUT2D eigenvalue weighted by Crippen LogP contribution is 2.41. The van der Waals surface area contributed by atoms with E-state index in [0.717, 1.165) is 24.9 Å². The lowest BCUT2D eigenvalue weighted by Gasteiger charge is -2.35. The van der Waals surface area contributed by atoms with E-state index in [1.807, 2.05) is 36.1 Å². The van der Waals surface area contributed by atoms with Gasteiger partial charge in [0.25, 0.3) is 5.91 Å². The molecule has 0 aromatic heterocycles. The average Bonchev–Trinajstić information content (AvgIpc) is 3.13. The van der Waals surface area contributed by atoms with E-state index >= 15 is 0 Å². The number of nitrogens with one attached hydrogen (secondary N) is 2. The highest BCUT2D eigenvalue weighted by atomic mass is 32.2. The van der Waals surface area contributed by atoms with Gasteiger partial charge in [0.05, 0.1) is 32.6 Å². The van der Waals surface area contributed by atoms with Gasteiger partial charge in [0, 0.05) is 11.3 Å². The van der Waals surface area contributed by atoms with Crippen LogP contribution in [0.25, 0.3) is 0 Å². The Bertz CT molecular complexity index is 671. The molecule has 2 fully saturated rings. The van der Waals surface area contributed by atoms with E-state index in [4.69, 9.17) is 0 Å². The molecule has 1 heterocycles. The molecule has 2 aliphatic rings. The van der Waals surface area contributed by atoms with Crippen LogP contribution in [0.4, 0.5) is 0 Å². The maximum absolute atomic E-state index is 13.4. The van der Waals surface area contributed by atoms with Crippen LogP contribution in [0, 0.1) is 12.8 Å². The zero-order valence-electron chi connectivity index (χ0n) is 17.4. The molecule has 1 aliphatic heterocycles. The van der Waals surface area contributed by atoms with Crippen LogP contribution in [0.3, 0.4) is 0 Å². The Kier molecular flexibility index (Phi) is 7.41. The minimum Gasteiger partial charge on any atom is -0.349 e. The summed E-state index contributed by atoms with van der Waals surface area (Å²) in [5.74, 6) is 1.18. The molecule has 1 aliphatic carbocycles. The Hall–Kier alpha value is -1.53. The van der Waals surface area contributed by atoms with E-state index in [0.29, 0.717) is 23.8 Å². The fraction of sp³-hybridized carbons (Fsp3) is 0.636. The first-order valence-electron chi connectivity index (χ1n) is 10.5. The van der Waals surface area contributed by atoms with Gasteiger partial charge in [-0.2, -0.15) is 0 Å². The van der Waals surface area contributed by atoms with Crippen molar-refractivity contribution in [3.05, 3.63) is 35.4 Å². The van der Waals surface area contributed by atoms with Crippen molar-refractivity contribution in [2.45, 2.75) is 50.4 Å². The zero-order chi connectivity index (χ0) is 20.1. The van der Waals surface area contributed by atoms with Gasteiger partial charge in [-0.3, -0.25) is 9.59 Å². The summed E-state index contributed by atoms with van der Waals surface area (Å²) < 4.78 is 0. The highest BCUT2D eigenvalue weighted by Gasteiger charge is 2.45. The number of carbonyl (C=O) groups excluding carboxylic acids is 2. The summed E-state index contributed by atoms with van der Waals surface area (Å²) in [5.41, 5.74) is 1.82. The first-order chi connectivity index (χ1) is 13.5. The minimum absolute atomic E-state index is 0.000965. The second kappa shape index (κ2) is 9.79. The van der Waals surface area contributed by atoms with Crippen LogP contribution >= 0.6 is 11.8 Å². The number of benzene rings is 1. The van der Waals surface area contributed by atoms with Crippen LogP contribution in [-0.4, -0.2) is 61.1 Å². The van der Waals surface area contributed by atoms with Crippen molar-refractivity contribution in [3.8, 4) is 0 Å². The minimum atomic E-state index is -0.372. The third-order valence-electron chi connectivity index (χ3n) is 5.85. The topological polar surface area (TPSA) is 53.9 Å². The van der Waals surface area contributed by atoms with Crippen LogP contribution in [0.1, 0.15) is 48.0 Å². The zero-order valence-corrected chi connectivity index (χ0v) is 18.2. The van der Waals surface area contributed by atoms with E-state index in [9.17, 15) is 9.59 Å². The summed E-state index contributed by atoms with van der Waals surface area (Å²) in [4.78, 5) is 29.6. The number of carbonyl (C=O) groups is 2. The SMILES string of the molecule is Cc1ccc(C(=O)N2[C@@H](C3CCCCC3)SC[C@H]2C(=O)NCC[NH+](C)C)cc1. The smallest absolute Gasteiger partial charge is 0.255 e. The average molecular weight is 405 g/mol. The van der Waals surface area contributed by atoms with Gasteiger partial charge in [-0.15, -0.1) is 11.8 Å². The second-order valence-electron chi connectivity index (χ2n) is 8.46. The normalized spacial score (nSPS) is 23.2. The third kappa shape index (κ3) is 5.09. The maximum Gasteiger partial charge on any atom is 0.255 e. The van der Waals surface area contributed by atoms with Gasteiger partial charge in [0.1, 0.15) is 6.04 Å². The monoisotopic (exact) mass is 404 g/mol. The molecule has 3 rings (SSSR count). The van der Waals surface area contributed by atoms with Crippen molar-refractivity contribution >= 4 is 23.6 Å². The Morgan fingerprint density at radius 3 is 2.46 bits per heavy atom. The van der Waals surface area contributed by atoms with Crippen LogP contribution in [-0.2, 0) is 4.79 Å². The fourth-order valence-corrected chi connectivity index (χ4v) is 5.81. The lowest BCUT2D eigenvalue weighted by atomic mass is 9.88. The molecule has 28 heavy (non-hydrogen) atoms. The highest BCUT2D eigenvalue weighted by molar-refractivity contribution is 8.00. The van der Waals surface area contributed by atoms with Crippen molar-refractivity contribution in [1.82, 2.24) is 10.2 Å². The van der Waals surface area contributed by atoms with Crippen LogP contribution < -0.4 is 10.2 Å². The second-order valence-corrected chi connectivity index (χ2v) is 9.61. The van der Waals surface area contributed by atoms with Crippen molar-refractivity contribution in [2.75, 3.05) is 32.9 Å². The molecule has 1 aromatic carbocycles. The summed E-state index contributed by atoms with van der Waals surface area (Å²) in [6.45, 7) is 3.54. The third-order valence-corrected chi connectivity index (χ3v) is 7.31. The molecule has 1 saturated carbocycles. The van der Waals surface area contributed by atoms with E-state index in [-0.39, 0.29) is 23.2 Å². The molecule has 2 N–H and O–H groups in total. The summed E-state index contributed by atoms with van der Waals surface area (Å²) in [6.07, 6.45) is 6.07. The van der Waals surface area contributed by atoms with Crippen molar-refractivity contribution < 1.29 is 14.5 Å². The number of likely N-dealkylation sites (N-methyl/N-ethyl adjacent to an activating group) is 1. The molecule has 0 unspecified atom stereocenters. The lowest BCUT2D eigenvalue weighted by Crippen LogP contribution is -3.06. The summed E-state index contributed by atoms with van der Waals surface area (Å²) >= 11 is 1.80. The number of amides is 2. The molecule has 1 saturated heterocycles. The van der Waals surface area contributed by atoms with Crippen molar-refractivity contribution in [2.24, 2.45) is 5.92 Å². The maximum atomic E-state index is 13.4. The van der Waals surface area contributed by atoms with Crippen molar-refractivity contribution in [1.29, 1.82) is 0 Å². The quantitative estimate of drug-likeness (QED) is 0.759. The molecule has 0 bridgehead atoms. The molecule has 1 aromatic rings. The Morgan fingerprint density at radius 2 is 1.82 bits per heavy atom. The molecule has 5 nitrogen and oxygen atoms in total. The number of rotatable bonds is 6. The largest absolute Gasteiger partial charge is 0.349 e. The molecular weight excluding hydrogens is 370 g/mol. The van der Waals surface area contributed by atoms with Gasteiger partial charge in [-0.25, -0.2) is 0 Å². The Balaban J connectivity index is 1.78. The van der Waals surface area contributed by atoms with Crippen LogP contribution in [0.2, 0.25) is 0 Å². The first-order valence-corrected chi connectivity index (χ1v) is 11.6. The van der Waals surface area contributed by atoms with Gasteiger partial charge >= 0.3 is 0 Å². The number of aryl methyl sites for hydroxylation is 1. The van der Waals surface area contributed by atoms with Crippen LogP contribution in [0.5, 0.6) is 0 Å². The molecule has 2 amide bonds. The Morgan fingerprint density at radius 1 is 1.14 bits per heavy atom. The Labute approximate surface area is 173 Å². The van der Waals surface area contributed by atoms with Crippen LogP contribution in [0.15, 0.2) is 24.3 Å². The molecular formula is C22H34N3O2S+. The number of thioether (sulfide) groups is 1. The predicted molar refractivity (Wildman–Crippen MR) is 115 cm³/mol. The van der Waals surface area contributed by atoms with E-state index in [1.165, 1.54) is 24.2 Å². The summed E-state index contributed by atoms with van der Waals surface area (Å²) in [7, 11) is 4.15. The van der Waals surface area contributed by atoms with E-state index < -0.39 is 0 Å². The first kappa shape index (κ1) is 21.2. The number of hydrogen-bond donors (Lipinski definition) is 2. The molecule has 2 atom stereocenters. The van der Waals surface area contributed by atoms with E-state index in [1.54, 1.807) is 11.8 Å². The molecule has 0 spiro atoms. The van der Waals surface area contributed by atoms with Crippen molar-refractivity contribution in [3.63, 3.8) is 0 Å².